The lowest BCUT2D eigenvalue weighted by Gasteiger charge is -2.10. The number of aromatic nitrogens is 1. The summed E-state index contributed by atoms with van der Waals surface area (Å²) in [5, 5.41) is 0. The summed E-state index contributed by atoms with van der Waals surface area (Å²) in [6, 6.07) is 3.93. The Labute approximate surface area is 79.0 Å². The fourth-order valence-corrected chi connectivity index (χ4v) is 1.38. The Morgan fingerprint density at radius 1 is 1.46 bits per heavy atom. The van der Waals surface area contributed by atoms with Crippen LogP contribution in [0, 0.1) is 5.92 Å². The molecule has 0 saturated heterocycles. The summed E-state index contributed by atoms with van der Waals surface area (Å²) in [4.78, 5) is 15.1. The zero-order chi connectivity index (χ0) is 9.68. The van der Waals surface area contributed by atoms with Crippen LogP contribution in [0.1, 0.15) is 25.8 Å². The molecule has 0 N–H and O–H groups in total. The van der Waals surface area contributed by atoms with Crippen LogP contribution in [0.15, 0.2) is 24.5 Å². The van der Waals surface area contributed by atoms with E-state index in [2.05, 4.69) is 4.98 Å². The zero-order valence-electron chi connectivity index (χ0n) is 8.16. The van der Waals surface area contributed by atoms with Crippen molar-refractivity contribution in [2.24, 2.45) is 5.92 Å². The Bertz CT molecular complexity index is 269. The average molecular weight is 177 g/mol. The molecule has 0 aliphatic heterocycles. The van der Waals surface area contributed by atoms with Crippen molar-refractivity contribution in [3.05, 3.63) is 30.1 Å². The molecule has 0 aliphatic rings. The van der Waals surface area contributed by atoms with Gasteiger partial charge < -0.3 is 0 Å². The molecule has 0 fully saturated rings. The van der Waals surface area contributed by atoms with Crippen molar-refractivity contribution < 1.29 is 4.79 Å². The molecule has 70 valence electrons. The molecule has 0 saturated carbocycles. The second kappa shape index (κ2) is 4.75. The van der Waals surface area contributed by atoms with E-state index in [4.69, 9.17) is 0 Å². The third kappa shape index (κ3) is 2.98. The highest BCUT2D eigenvalue weighted by molar-refractivity contribution is 5.78. The van der Waals surface area contributed by atoms with Gasteiger partial charge in [-0.05, 0) is 37.5 Å². The van der Waals surface area contributed by atoms with Gasteiger partial charge in [-0.15, -0.1) is 0 Å². The number of pyridine rings is 1. The highest BCUT2D eigenvalue weighted by Crippen LogP contribution is 2.12. The molecule has 0 aliphatic carbocycles. The lowest BCUT2D eigenvalue weighted by Crippen LogP contribution is -2.12. The van der Waals surface area contributed by atoms with Crippen LogP contribution < -0.4 is 0 Å². The van der Waals surface area contributed by atoms with Crippen LogP contribution in [-0.2, 0) is 11.2 Å². The van der Waals surface area contributed by atoms with E-state index < -0.39 is 0 Å². The number of rotatable bonds is 4. The first-order valence-electron chi connectivity index (χ1n) is 4.63. The van der Waals surface area contributed by atoms with Crippen LogP contribution in [0.5, 0.6) is 0 Å². The Kier molecular flexibility index (Phi) is 3.62. The Morgan fingerprint density at radius 2 is 2.08 bits per heavy atom. The maximum atomic E-state index is 11.2. The van der Waals surface area contributed by atoms with Gasteiger partial charge in [0.25, 0.3) is 0 Å². The molecule has 0 amide bonds. The van der Waals surface area contributed by atoms with E-state index in [1.165, 1.54) is 5.56 Å². The smallest absolute Gasteiger partial charge is 0.133 e. The zero-order valence-corrected chi connectivity index (χ0v) is 8.16. The van der Waals surface area contributed by atoms with Gasteiger partial charge >= 0.3 is 0 Å². The third-order valence-electron chi connectivity index (χ3n) is 2.30. The second-order valence-corrected chi connectivity index (χ2v) is 3.28. The first kappa shape index (κ1) is 9.90. The maximum Gasteiger partial charge on any atom is 0.133 e. The summed E-state index contributed by atoms with van der Waals surface area (Å²) in [6.07, 6.45) is 5.29. The summed E-state index contributed by atoms with van der Waals surface area (Å²) >= 11 is 0. The van der Waals surface area contributed by atoms with Gasteiger partial charge in [0.2, 0.25) is 0 Å². The van der Waals surface area contributed by atoms with E-state index in [9.17, 15) is 4.79 Å². The monoisotopic (exact) mass is 177 g/mol. The predicted molar refractivity (Wildman–Crippen MR) is 52.4 cm³/mol. The molecule has 2 heteroatoms. The molecule has 2 nitrogen and oxygen atoms in total. The number of hydrogen-bond acceptors (Lipinski definition) is 2. The van der Waals surface area contributed by atoms with Gasteiger partial charge in [-0.2, -0.15) is 0 Å². The number of nitrogens with zero attached hydrogens (tertiary/aromatic N) is 1. The van der Waals surface area contributed by atoms with Crippen LogP contribution in [0.2, 0.25) is 0 Å². The van der Waals surface area contributed by atoms with Gasteiger partial charge in [-0.25, -0.2) is 0 Å². The Hall–Kier alpha value is -1.18. The number of Topliss-reactive ketones (excluding diaryl/α,β-unsaturated/α-hetero) is 1. The number of carbonyl (C=O) groups is 1. The van der Waals surface area contributed by atoms with Crippen molar-refractivity contribution in [2.75, 3.05) is 0 Å². The minimum atomic E-state index is 0.169. The summed E-state index contributed by atoms with van der Waals surface area (Å²) in [5.41, 5.74) is 1.19. The second-order valence-electron chi connectivity index (χ2n) is 3.28. The minimum Gasteiger partial charge on any atom is -0.300 e. The average Bonchev–Trinajstić information content (AvgIpc) is 2.15. The highest BCUT2D eigenvalue weighted by atomic mass is 16.1. The molecule has 0 radical (unpaired) electrons. The number of hydrogen-bond donors (Lipinski definition) is 0. The first-order chi connectivity index (χ1) is 6.24. The summed E-state index contributed by atoms with van der Waals surface area (Å²) in [7, 11) is 0. The van der Waals surface area contributed by atoms with Gasteiger partial charge in [0.15, 0.2) is 0 Å². The molecule has 1 aromatic rings. The van der Waals surface area contributed by atoms with Gasteiger partial charge in [-0.3, -0.25) is 9.78 Å². The third-order valence-corrected chi connectivity index (χ3v) is 2.30. The fourth-order valence-electron chi connectivity index (χ4n) is 1.38. The van der Waals surface area contributed by atoms with E-state index in [1.54, 1.807) is 19.3 Å². The first-order valence-corrected chi connectivity index (χ1v) is 4.63. The van der Waals surface area contributed by atoms with Crippen LogP contribution >= 0.6 is 0 Å². The van der Waals surface area contributed by atoms with Crippen molar-refractivity contribution in [1.29, 1.82) is 0 Å². The maximum absolute atomic E-state index is 11.2. The summed E-state index contributed by atoms with van der Waals surface area (Å²) < 4.78 is 0. The fraction of sp³-hybridized carbons (Fsp3) is 0.455. The number of ketones is 1. The summed E-state index contributed by atoms with van der Waals surface area (Å²) in [6.45, 7) is 3.71. The van der Waals surface area contributed by atoms with Crippen LogP contribution in [-0.4, -0.2) is 10.8 Å². The van der Waals surface area contributed by atoms with Gasteiger partial charge in [0, 0.05) is 18.3 Å². The van der Waals surface area contributed by atoms with E-state index >= 15 is 0 Å². The quantitative estimate of drug-likeness (QED) is 0.706. The standard InChI is InChI=1S/C11H15NO/c1-3-11(9(2)13)8-10-4-6-12-7-5-10/h4-7,11H,3,8H2,1-2H3/t11-/m0/s1. The van der Waals surface area contributed by atoms with E-state index in [1.807, 2.05) is 19.1 Å². The Balaban J connectivity index is 2.62. The molecule has 0 aromatic carbocycles. The van der Waals surface area contributed by atoms with Gasteiger partial charge in [-0.1, -0.05) is 6.92 Å². The number of carbonyl (C=O) groups excluding carboxylic acids is 1. The van der Waals surface area contributed by atoms with Gasteiger partial charge in [0.1, 0.15) is 5.78 Å². The lowest BCUT2D eigenvalue weighted by molar-refractivity contribution is -0.120. The molecule has 1 aromatic heterocycles. The van der Waals surface area contributed by atoms with Crippen molar-refractivity contribution in [3.63, 3.8) is 0 Å². The largest absolute Gasteiger partial charge is 0.300 e. The SMILES string of the molecule is CC[C@@H](Cc1ccncc1)C(C)=O. The molecule has 0 unspecified atom stereocenters. The van der Waals surface area contributed by atoms with E-state index in [-0.39, 0.29) is 11.7 Å². The topological polar surface area (TPSA) is 30.0 Å². The van der Waals surface area contributed by atoms with Crippen LogP contribution in [0.25, 0.3) is 0 Å². The van der Waals surface area contributed by atoms with Crippen molar-refractivity contribution in [3.8, 4) is 0 Å². The molecular weight excluding hydrogens is 162 g/mol. The van der Waals surface area contributed by atoms with Crippen molar-refractivity contribution in [1.82, 2.24) is 4.98 Å². The van der Waals surface area contributed by atoms with E-state index in [0.717, 1.165) is 12.8 Å². The van der Waals surface area contributed by atoms with Crippen LogP contribution in [0.4, 0.5) is 0 Å². The molecular formula is C11H15NO. The van der Waals surface area contributed by atoms with Gasteiger partial charge in [0.05, 0.1) is 0 Å². The molecule has 13 heavy (non-hydrogen) atoms. The van der Waals surface area contributed by atoms with Crippen LogP contribution in [0.3, 0.4) is 0 Å². The lowest BCUT2D eigenvalue weighted by atomic mass is 9.94. The van der Waals surface area contributed by atoms with E-state index in [0.29, 0.717) is 0 Å². The summed E-state index contributed by atoms with van der Waals surface area (Å²) in [5.74, 6) is 0.446. The molecule has 0 bridgehead atoms. The minimum absolute atomic E-state index is 0.169. The van der Waals surface area contributed by atoms with Crippen molar-refractivity contribution in [2.45, 2.75) is 26.7 Å². The molecule has 1 heterocycles. The predicted octanol–water partition coefficient (Wildman–Crippen LogP) is 2.24. The molecule has 1 atom stereocenters. The Morgan fingerprint density at radius 3 is 2.54 bits per heavy atom. The normalized spacial score (nSPS) is 12.5. The molecule has 1 rings (SSSR count). The van der Waals surface area contributed by atoms with Crippen molar-refractivity contribution >= 4 is 5.78 Å². The highest BCUT2D eigenvalue weighted by Gasteiger charge is 2.11. The molecule has 0 spiro atoms.